The summed E-state index contributed by atoms with van der Waals surface area (Å²) in [6, 6.07) is 9.91. The van der Waals surface area contributed by atoms with Gasteiger partial charge in [-0.1, -0.05) is 6.07 Å². The molecule has 3 aromatic rings. The molecule has 2 aromatic heterocycles. The minimum absolute atomic E-state index is 0.334. The number of aromatic nitrogens is 3. The minimum atomic E-state index is 0.334. The molecule has 0 aliphatic rings. The molecule has 0 spiro atoms. The van der Waals surface area contributed by atoms with Gasteiger partial charge < -0.3 is 10.1 Å². The molecular weight excluding hydrogens is 252 g/mol. The average molecular weight is 266 g/mol. The van der Waals surface area contributed by atoms with Crippen LogP contribution in [0.25, 0.3) is 10.9 Å². The van der Waals surface area contributed by atoms with Gasteiger partial charge in [0.2, 0.25) is 0 Å². The largest absolute Gasteiger partial charge is 0.424 e. The summed E-state index contributed by atoms with van der Waals surface area (Å²) in [7, 11) is 1.88. The Labute approximate surface area is 116 Å². The molecule has 5 heteroatoms. The Hall–Kier alpha value is -2.53. The predicted octanol–water partition coefficient (Wildman–Crippen LogP) is 2.54. The maximum Gasteiger partial charge on any atom is 0.321 e. The zero-order valence-electron chi connectivity index (χ0n) is 11.1. The SMILES string of the molecule is CNCc1cnc(Oc2cccc3ncccc23)nc1. The molecule has 2 heterocycles. The van der Waals surface area contributed by atoms with Crippen LogP contribution in [0.3, 0.4) is 0 Å². The van der Waals surface area contributed by atoms with Crippen molar-refractivity contribution in [2.75, 3.05) is 7.05 Å². The average Bonchev–Trinajstić information content (AvgIpc) is 2.50. The van der Waals surface area contributed by atoms with Gasteiger partial charge in [0, 0.05) is 36.1 Å². The smallest absolute Gasteiger partial charge is 0.321 e. The molecule has 0 bridgehead atoms. The van der Waals surface area contributed by atoms with Crippen molar-refractivity contribution in [2.45, 2.75) is 6.54 Å². The third-order valence-corrected chi connectivity index (χ3v) is 2.87. The molecule has 0 fully saturated rings. The minimum Gasteiger partial charge on any atom is -0.424 e. The molecule has 0 atom stereocenters. The van der Waals surface area contributed by atoms with Gasteiger partial charge in [-0.25, -0.2) is 9.97 Å². The highest BCUT2D eigenvalue weighted by Crippen LogP contribution is 2.26. The first-order valence-corrected chi connectivity index (χ1v) is 6.34. The van der Waals surface area contributed by atoms with Gasteiger partial charge in [-0.05, 0) is 31.3 Å². The van der Waals surface area contributed by atoms with Crippen LogP contribution in [0.5, 0.6) is 11.8 Å². The number of ether oxygens (including phenoxy) is 1. The standard InChI is InChI=1S/C15H14N4O/c1-16-8-11-9-18-15(19-10-11)20-14-6-2-5-13-12(14)4-3-7-17-13/h2-7,9-10,16H,8H2,1H3. The molecule has 0 radical (unpaired) electrons. The molecule has 1 N–H and O–H groups in total. The Kier molecular flexibility index (Phi) is 3.52. The zero-order chi connectivity index (χ0) is 13.8. The van der Waals surface area contributed by atoms with Crippen molar-refractivity contribution in [3.05, 3.63) is 54.5 Å². The van der Waals surface area contributed by atoms with E-state index in [1.54, 1.807) is 18.6 Å². The first-order chi connectivity index (χ1) is 9.86. The van der Waals surface area contributed by atoms with Crippen molar-refractivity contribution in [1.82, 2.24) is 20.3 Å². The molecule has 1 aromatic carbocycles. The van der Waals surface area contributed by atoms with E-state index in [4.69, 9.17) is 4.74 Å². The van der Waals surface area contributed by atoms with Gasteiger partial charge >= 0.3 is 6.01 Å². The van der Waals surface area contributed by atoms with Crippen molar-refractivity contribution in [3.8, 4) is 11.8 Å². The lowest BCUT2D eigenvalue weighted by Gasteiger charge is -2.07. The second kappa shape index (κ2) is 5.63. The summed E-state index contributed by atoms with van der Waals surface area (Å²) in [6.45, 7) is 0.735. The summed E-state index contributed by atoms with van der Waals surface area (Å²) in [4.78, 5) is 12.7. The Balaban J connectivity index is 1.89. The van der Waals surface area contributed by atoms with Gasteiger partial charge in [0.25, 0.3) is 0 Å². The molecule has 0 unspecified atom stereocenters. The summed E-state index contributed by atoms with van der Waals surface area (Å²) in [5.41, 5.74) is 1.90. The highest BCUT2D eigenvalue weighted by atomic mass is 16.5. The fourth-order valence-corrected chi connectivity index (χ4v) is 1.95. The van der Waals surface area contributed by atoms with E-state index in [0.717, 1.165) is 23.0 Å². The second-order valence-electron chi connectivity index (χ2n) is 4.33. The Morgan fingerprint density at radius 3 is 2.70 bits per heavy atom. The van der Waals surface area contributed by atoms with Crippen LogP contribution in [0.15, 0.2) is 48.9 Å². The van der Waals surface area contributed by atoms with Crippen molar-refractivity contribution in [2.24, 2.45) is 0 Å². The van der Waals surface area contributed by atoms with Gasteiger partial charge in [-0.3, -0.25) is 4.98 Å². The Morgan fingerprint density at radius 2 is 1.90 bits per heavy atom. The second-order valence-corrected chi connectivity index (χ2v) is 4.33. The first-order valence-electron chi connectivity index (χ1n) is 6.34. The molecule has 5 nitrogen and oxygen atoms in total. The van der Waals surface area contributed by atoms with Crippen LogP contribution in [0.4, 0.5) is 0 Å². The summed E-state index contributed by atoms with van der Waals surface area (Å²) in [5.74, 6) is 0.706. The molecule has 0 saturated carbocycles. The zero-order valence-corrected chi connectivity index (χ0v) is 11.1. The van der Waals surface area contributed by atoms with Crippen molar-refractivity contribution in [1.29, 1.82) is 0 Å². The maximum atomic E-state index is 5.74. The summed E-state index contributed by atoms with van der Waals surface area (Å²) in [5, 5.41) is 3.99. The molecule has 100 valence electrons. The summed E-state index contributed by atoms with van der Waals surface area (Å²) >= 11 is 0. The van der Waals surface area contributed by atoms with E-state index in [1.807, 2.05) is 37.4 Å². The predicted molar refractivity (Wildman–Crippen MR) is 76.6 cm³/mol. The number of nitrogens with one attached hydrogen (secondary N) is 1. The van der Waals surface area contributed by atoms with E-state index < -0.39 is 0 Å². The van der Waals surface area contributed by atoms with Crippen molar-refractivity contribution < 1.29 is 4.74 Å². The third-order valence-electron chi connectivity index (χ3n) is 2.87. The van der Waals surface area contributed by atoms with Gasteiger partial charge in [0.15, 0.2) is 0 Å². The lowest BCUT2D eigenvalue weighted by atomic mass is 10.2. The maximum absolute atomic E-state index is 5.74. The number of nitrogens with zero attached hydrogens (tertiary/aromatic N) is 3. The third kappa shape index (κ3) is 2.57. The quantitative estimate of drug-likeness (QED) is 0.786. The number of hydrogen-bond acceptors (Lipinski definition) is 5. The Morgan fingerprint density at radius 1 is 1.05 bits per heavy atom. The van der Waals surface area contributed by atoms with E-state index in [2.05, 4.69) is 20.3 Å². The van der Waals surface area contributed by atoms with E-state index in [0.29, 0.717) is 11.8 Å². The Bertz CT molecular complexity index is 707. The van der Waals surface area contributed by atoms with Crippen LogP contribution in [0.2, 0.25) is 0 Å². The molecule has 20 heavy (non-hydrogen) atoms. The number of hydrogen-bond donors (Lipinski definition) is 1. The fraction of sp³-hybridized carbons (Fsp3) is 0.133. The van der Waals surface area contributed by atoms with Crippen molar-refractivity contribution in [3.63, 3.8) is 0 Å². The number of benzene rings is 1. The topological polar surface area (TPSA) is 59.9 Å². The fourth-order valence-electron chi connectivity index (χ4n) is 1.95. The van der Waals surface area contributed by atoms with Crippen molar-refractivity contribution >= 4 is 10.9 Å². The molecule has 3 rings (SSSR count). The normalized spacial score (nSPS) is 10.7. The molecule has 0 amide bonds. The van der Waals surface area contributed by atoms with Gasteiger partial charge in [0.05, 0.1) is 5.52 Å². The first kappa shape index (κ1) is 12.5. The van der Waals surface area contributed by atoms with Crippen LogP contribution in [0, 0.1) is 0 Å². The lowest BCUT2D eigenvalue weighted by Crippen LogP contribution is -2.06. The number of rotatable bonds is 4. The highest BCUT2D eigenvalue weighted by molar-refractivity contribution is 5.84. The van der Waals surface area contributed by atoms with E-state index in [-0.39, 0.29) is 0 Å². The van der Waals surface area contributed by atoms with Crippen LogP contribution < -0.4 is 10.1 Å². The molecule has 0 aliphatic heterocycles. The van der Waals surface area contributed by atoms with Crippen LogP contribution >= 0.6 is 0 Å². The summed E-state index contributed by atoms with van der Waals surface area (Å²) in [6.07, 6.45) is 5.26. The molecular formula is C15H14N4O. The van der Waals surface area contributed by atoms with Crippen LogP contribution in [-0.2, 0) is 6.54 Å². The lowest BCUT2D eigenvalue weighted by molar-refractivity contribution is 0.445. The van der Waals surface area contributed by atoms with Gasteiger partial charge in [-0.15, -0.1) is 0 Å². The molecule has 0 saturated heterocycles. The van der Waals surface area contributed by atoms with Crippen LogP contribution in [0.1, 0.15) is 5.56 Å². The van der Waals surface area contributed by atoms with E-state index >= 15 is 0 Å². The van der Waals surface area contributed by atoms with Crippen LogP contribution in [-0.4, -0.2) is 22.0 Å². The van der Waals surface area contributed by atoms with Gasteiger partial charge in [-0.2, -0.15) is 0 Å². The van der Waals surface area contributed by atoms with E-state index in [1.165, 1.54) is 0 Å². The summed E-state index contributed by atoms with van der Waals surface area (Å²) < 4.78 is 5.74. The molecule has 0 aliphatic carbocycles. The van der Waals surface area contributed by atoms with E-state index in [9.17, 15) is 0 Å². The van der Waals surface area contributed by atoms with Gasteiger partial charge in [0.1, 0.15) is 5.75 Å². The monoisotopic (exact) mass is 266 g/mol. The number of pyridine rings is 1. The number of fused-ring (bicyclic) bond motifs is 1. The highest BCUT2D eigenvalue weighted by Gasteiger charge is 2.05.